The summed E-state index contributed by atoms with van der Waals surface area (Å²) in [7, 11) is 0. The van der Waals surface area contributed by atoms with Gasteiger partial charge in [-0.2, -0.15) is 0 Å². The van der Waals surface area contributed by atoms with E-state index in [0.717, 1.165) is 35.7 Å². The molecule has 0 bridgehead atoms. The number of nitrogens with zero attached hydrogens (tertiary/aromatic N) is 2. The zero-order valence-corrected chi connectivity index (χ0v) is 12.2. The van der Waals surface area contributed by atoms with Crippen molar-refractivity contribution in [3.8, 4) is 0 Å². The number of carbonyl (C=O) groups is 1. The molecule has 0 fully saturated rings. The first-order valence-electron chi connectivity index (χ1n) is 6.61. The number of nitrogens with one attached hydrogen (secondary N) is 1. The number of hydrogen-bond donors (Lipinski definition) is 1. The number of imidazole rings is 1. The molecular formula is C14H19N3OS. The molecule has 1 aromatic heterocycles. The van der Waals surface area contributed by atoms with Crippen molar-refractivity contribution in [2.75, 3.05) is 12.3 Å². The van der Waals surface area contributed by atoms with Gasteiger partial charge >= 0.3 is 0 Å². The Hall–Kier alpha value is -1.49. The summed E-state index contributed by atoms with van der Waals surface area (Å²) in [6.45, 7) is 5.74. The quantitative estimate of drug-likeness (QED) is 0.826. The topological polar surface area (TPSA) is 46.9 Å². The van der Waals surface area contributed by atoms with Crippen LogP contribution in [0.3, 0.4) is 0 Å². The Kier molecular flexibility index (Phi) is 4.85. The molecule has 0 atom stereocenters. The highest BCUT2D eigenvalue weighted by atomic mass is 32.2. The molecule has 0 spiro atoms. The van der Waals surface area contributed by atoms with Crippen LogP contribution in [0.4, 0.5) is 0 Å². The van der Waals surface area contributed by atoms with Crippen LogP contribution in [0.15, 0.2) is 29.4 Å². The van der Waals surface area contributed by atoms with Crippen LogP contribution in [0.5, 0.6) is 0 Å². The lowest BCUT2D eigenvalue weighted by Crippen LogP contribution is -2.25. The van der Waals surface area contributed by atoms with E-state index in [4.69, 9.17) is 0 Å². The van der Waals surface area contributed by atoms with Crippen LogP contribution in [0.25, 0.3) is 11.0 Å². The highest BCUT2D eigenvalue weighted by Crippen LogP contribution is 2.23. The molecule has 2 aromatic rings. The number of amides is 1. The number of rotatable bonds is 6. The number of fused-ring (bicyclic) bond motifs is 1. The van der Waals surface area contributed by atoms with Crippen LogP contribution in [0.2, 0.25) is 0 Å². The minimum atomic E-state index is 0.0709. The molecule has 1 heterocycles. The average Bonchev–Trinajstić information content (AvgIpc) is 2.80. The molecular weight excluding hydrogens is 258 g/mol. The first-order chi connectivity index (χ1) is 9.26. The van der Waals surface area contributed by atoms with Crippen molar-refractivity contribution in [2.24, 2.45) is 0 Å². The van der Waals surface area contributed by atoms with Gasteiger partial charge in [0.1, 0.15) is 0 Å². The summed E-state index contributed by atoms with van der Waals surface area (Å²) in [4.78, 5) is 16.2. The normalized spacial score (nSPS) is 10.8. The van der Waals surface area contributed by atoms with E-state index in [1.807, 2.05) is 25.1 Å². The Labute approximate surface area is 117 Å². The van der Waals surface area contributed by atoms with Crippen LogP contribution in [-0.4, -0.2) is 27.8 Å². The summed E-state index contributed by atoms with van der Waals surface area (Å²) in [6.07, 6.45) is 0.962. The zero-order chi connectivity index (χ0) is 13.7. The van der Waals surface area contributed by atoms with Gasteiger partial charge in [0.15, 0.2) is 5.16 Å². The minimum Gasteiger partial charge on any atom is -0.355 e. The van der Waals surface area contributed by atoms with Crippen molar-refractivity contribution in [3.05, 3.63) is 24.3 Å². The van der Waals surface area contributed by atoms with Crippen LogP contribution < -0.4 is 5.32 Å². The number of para-hydroxylation sites is 2. The van der Waals surface area contributed by atoms with Crippen molar-refractivity contribution in [2.45, 2.75) is 32.0 Å². The lowest BCUT2D eigenvalue weighted by Gasteiger charge is -2.05. The van der Waals surface area contributed by atoms with E-state index >= 15 is 0 Å². The number of aromatic nitrogens is 2. The van der Waals surface area contributed by atoms with Gasteiger partial charge in [-0.1, -0.05) is 30.8 Å². The number of thioether (sulfide) groups is 1. The minimum absolute atomic E-state index is 0.0709. The molecule has 0 aliphatic carbocycles. The van der Waals surface area contributed by atoms with Crippen molar-refractivity contribution >= 4 is 28.7 Å². The Bertz CT molecular complexity index is 565. The third kappa shape index (κ3) is 3.29. The molecule has 0 saturated heterocycles. The van der Waals surface area contributed by atoms with Crippen molar-refractivity contribution in [1.82, 2.24) is 14.9 Å². The van der Waals surface area contributed by atoms with Crippen LogP contribution in [-0.2, 0) is 11.3 Å². The van der Waals surface area contributed by atoms with Gasteiger partial charge in [-0.25, -0.2) is 4.98 Å². The van der Waals surface area contributed by atoms with Gasteiger partial charge in [0.2, 0.25) is 5.91 Å². The molecule has 0 aliphatic rings. The number of hydrogen-bond acceptors (Lipinski definition) is 3. The van der Waals surface area contributed by atoms with E-state index in [0.29, 0.717) is 5.75 Å². The fourth-order valence-electron chi connectivity index (χ4n) is 1.91. The van der Waals surface area contributed by atoms with E-state index in [9.17, 15) is 4.79 Å². The Balaban J connectivity index is 2.10. The first kappa shape index (κ1) is 13.9. The zero-order valence-electron chi connectivity index (χ0n) is 11.3. The van der Waals surface area contributed by atoms with E-state index < -0.39 is 0 Å². The standard InChI is InChI=1S/C14H19N3OS/c1-3-9-15-13(18)10-19-14-16-11-7-5-6-8-12(11)17(14)4-2/h5-8H,3-4,9-10H2,1-2H3,(H,15,18). The van der Waals surface area contributed by atoms with Crippen molar-refractivity contribution in [1.29, 1.82) is 0 Å². The average molecular weight is 277 g/mol. The maximum absolute atomic E-state index is 11.6. The van der Waals surface area contributed by atoms with Gasteiger partial charge in [-0.15, -0.1) is 0 Å². The fourth-order valence-corrected chi connectivity index (χ4v) is 2.82. The lowest BCUT2D eigenvalue weighted by molar-refractivity contribution is -0.118. The predicted octanol–water partition coefficient (Wildman–Crippen LogP) is 2.67. The van der Waals surface area contributed by atoms with E-state index in [-0.39, 0.29) is 5.91 Å². The third-order valence-electron chi connectivity index (χ3n) is 2.84. The van der Waals surface area contributed by atoms with Crippen LogP contribution in [0.1, 0.15) is 20.3 Å². The van der Waals surface area contributed by atoms with Gasteiger partial charge in [-0.3, -0.25) is 4.79 Å². The maximum Gasteiger partial charge on any atom is 0.230 e. The maximum atomic E-state index is 11.6. The molecule has 0 radical (unpaired) electrons. The summed E-state index contributed by atoms with van der Waals surface area (Å²) < 4.78 is 2.15. The fraction of sp³-hybridized carbons (Fsp3) is 0.429. The van der Waals surface area contributed by atoms with Gasteiger partial charge in [-0.05, 0) is 25.5 Å². The Morgan fingerprint density at radius 2 is 2.16 bits per heavy atom. The molecule has 19 heavy (non-hydrogen) atoms. The second-order valence-corrected chi connectivity index (χ2v) is 5.21. The first-order valence-corrected chi connectivity index (χ1v) is 7.59. The Morgan fingerprint density at radius 3 is 2.89 bits per heavy atom. The van der Waals surface area contributed by atoms with Crippen molar-refractivity contribution < 1.29 is 4.79 Å². The lowest BCUT2D eigenvalue weighted by atomic mass is 10.3. The summed E-state index contributed by atoms with van der Waals surface area (Å²) in [5.41, 5.74) is 2.11. The van der Waals surface area contributed by atoms with Gasteiger partial charge in [0.05, 0.1) is 16.8 Å². The predicted molar refractivity (Wildman–Crippen MR) is 79.4 cm³/mol. The van der Waals surface area contributed by atoms with E-state index in [1.165, 1.54) is 11.8 Å². The largest absolute Gasteiger partial charge is 0.355 e. The van der Waals surface area contributed by atoms with E-state index in [1.54, 1.807) is 0 Å². The smallest absolute Gasteiger partial charge is 0.230 e. The molecule has 0 aliphatic heterocycles. The highest BCUT2D eigenvalue weighted by Gasteiger charge is 2.11. The summed E-state index contributed by atoms with van der Waals surface area (Å²) in [5.74, 6) is 0.491. The highest BCUT2D eigenvalue weighted by molar-refractivity contribution is 7.99. The second-order valence-electron chi connectivity index (χ2n) is 4.27. The van der Waals surface area contributed by atoms with E-state index in [2.05, 4.69) is 27.9 Å². The van der Waals surface area contributed by atoms with Gasteiger partial charge in [0, 0.05) is 13.1 Å². The molecule has 5 heteroatoms. The number of benzene rings is 1. The SMILES string of the molecule is CCCNC(=O)CSc1nc2ccccc2n1CC. The number of aryl methyl sites for hydroxylation is 1. The third-order valence-corrected chi connectivity index (χ3v) is 3.82. The molecule has 2 rings (SSSR count). The van der Waals surface area contributed by atoms with Crippen LogP contribution in [0, 0.1) is 0 Å². The molecule has 1 amide bonds. The molecule has 0 saturated carbocycles. The second kappa shape index (κ2) is 6.61. The monoisotopic (exact) mass is 277 g/mol. The Morgan fingerprint density at radius 1 is 1.37 bits per heavy atom. The summed E-state index contributed by atoms with van der Waals surface area (Å²) >= 11 is 1.50. The van der Waals surface area contributed by atoms with Crippen LogP contribution >= 0.6 is 11.8 Å². The summed E-state index contributed by atoms with van der Waals surface area (Å²) in [5, 5.41) is 3.79. The summed E-state index contributed by atoms with van der Waals surface area (Å²) in [6, 6.07) is 8.06. The molecule has 102 valence electrons. The van der Waals surface area contributed by atoms with Gasteiger partial charge < -0.3 is 9.88 Å². The molecule has 0 unspecified atom stereocenters. The molecule has 4 nitrogen and oxygen atoms in total. The number of carbonyl (C=O) groups excluding carboxylic acids is 1. The van der Waals surface area contributed by atoms with Crippen molar-refractivity contribution in [3.63, 3.8) is 0 Å². The molecule has 1 aromatic carbocycles. The molecule has 1 N–H and O–H groups in total. The van der Waals surface area contributed by atoms with Gasteiger partial charge in [0.25, 0.3) is 0 Å².